The lowest BCUT2D eigenvalue weighted by atomic mass is 9.84. The molecular formula is C9H14O. The van der Waals surface area contributed by atoms with Gasteiger partial charge in [0, 0.05) is 11.8 Å². The van der Waals surface area contributed by atoms with E-state index in [1.807, 2.05) is 19.9 Å². The van der Waals surface area contributed by atoms with Crippen LogP contribution in [0.2, 0.25) is 0 Å². The van der Waals surface area contributed by atoms with Crippen molar-refractivity contribution in [1.29, 1.82) is 0 Å². The number of carbonyl (C=O) groups excluding carboxylic acids is 1. The van der Waals surface area contributed by atoms with Gasteiger partial charge in [-0.05, 0) is 12.8 Å². The standard InChI is InChI=1S/C9H14O/c1-9(2)7-5-3-4-6-8(9)10/h3-4H,5-7H2,1-2H3. The van der Waals surface area contributed by atoms with Crippen molar-refractivity contribution in [3.63, 3.8) is 0 Å². The highest BCUT2D eigenvalue weighted by molar-refractivity contribution is 5.85. The summed E-state index contributed by atoms with van der Waals surface area (Å²) in [5.41, 5.74) is -0.0799. The molecule has 0 heterocycles. The van der Waals surface area contributed by atoms with Crippen molar-refractivity contribution in [2.45, 2.75) is 33.1 Å². The van der Waals surface area contributed by atoms with Gasteiger partial charge < -0.3 is 0 Å². The Bertz CT molecular complexity index is 166. The molecule has 10 heavy (non-hydrogen) atoms. The molecule has 0 atom stereocenters. The molecule has 0 spiro atoms. The maximum absolute atomic E-state index is 11.3. The minimum atomic E-state index is -0.0799. The van der Waals surface area contributed by atoms with E-state index in [-0.39, 0.29) is 5.41 Å². The molecule has 0 unspecified atom stereocenters. The molecule has 0 fully saturated rings. The highest BCUT2D eigenvalue weighted by Gasteiger charge is 2.26. The summed E-state index contributed by atoms with van der Waals surface area (Å²) in [5, 5.41) is 0. The quantitative estimate of drug-likeness (QED) is 0.469. The zero-order valence-electron chi connectivity index (χ0n) is 6.68. The normalized spacial score (nSPS) is 24.4. The van der Waals surface area contributed by atoms with Gasteiger partial charge in [-0.3, -0.25) is 4.79 Å². The average molecular weight is 138 g/mol. The molecule has 1 heteroatoms. The van der Waals surface area contributed by atoms with E-state index in [4.69, 9.17) is 0 Å². The highest BCUT2D eigenvalue weighted by Crippen LogP contribution is 2.27. The van der Waals surface area contributed by atoms with Gasteiger partial charge in [0.05, 0.1) is 0 Å². The molecule has 0 N–H and O–H groups in total. The summed E-state index contributed by atoms with van der Waals surface area (Å²) >= 11 is 0. The minimum Gasteiger partial charge on any atom is -0.299 e. The zero-order chi connectivity index (χ0) is 7.61. The van der Waals surface area contributed by atoms with Gasteiger partial charge in [-0.25, -0.2) is 0 Å². The number of hydrogen-bond donors (Lipinski definition) is 0. The second-order valence-electron chi connectivity index (χ2n) is 3.52. The van der Waals surface area contributed by atoms with Crippen molar-refractivity contribution in [2.75, 3.05) is 0 Å². The molecule has 1 rings (SSSR count). The average Bonchev–Trinajstić information content (AvgIpc) is 1.96. The van der Waals surface area contributed by atoms with E-state index < -0.39 is 0 Å². The first-order valence-corrected chi connectivity index (χ1v) is 3.81. The van der Waals surface area contributed by atoms with Crippen LogP contribution in [0.5, 0.6) is 0 Å². The molecule has 0 aromatic heterocycles. The summed E-state index contributed by atoms with van der Waals surface area (Å²) < 4.78 is 0. The van der Waals surface area contributed by atoms with E-state index in [1.54, 1.807) is 0 Å². The first-order chi connectivity index (χ1) is 4.63. The number of hydrogen-bond acceptors (Lipinski definition) is 1. The summed E-state index contributed by atoms with van der Waals surface area (Å²) in [4.78, 5) is 11.3. The Kier molecular flexibility index (Phi) is 1.93. The maximum Gasteiger partial charge on any atom is 0.142 e. The van der Waals surface area contributed by atoms with Gasteiger partial charge in [0.15, 0.2) is 0 Å². The largest absolute Gasteiger partial charge is 0.299 e. The van der Waals surface area contributed by atoms with Crippen LogP contribution in [-0.4, -0.2) is 5.78 Å². The molecule has 0 amide bonds. The zero-order valence-corrected chi connectivity index (χ0v) is 6.68. The Morgan fingerprint density at radius 3 is 2.80 bits per heavy atom. The van der Waals surface area contributed by atoms with Gasteiger partial charge in [0.1, 0.15) is 5.78 Å². The molecule has 0 bridgehead atoms. The van der Waals surface area contributed by atoms with Crippen molar-refractivity contribution < 1.29 is 4.79 Å². The third-order valence-electron chi connectivity index (χ3n) is 2.16. The van der Waals surface area contributed by atoms with Gasteiger partial charge in [-0.2, -0.15) is 0 Å². The van der Waals surface area contributed by atoms with Crippen LogP contribution >= 0.6 is 0 Å². The van der Waals surface area contributed by atoms with E-state index in [1.165, 1.54) is 0 Å². The summed E-state index contributed by atoms with van der Waals surface area (Å²) in [6.45, 7) is 4.06. The molecule has 0 aromatic carbocycles. The number of carbonyl (C=O) groups is 1. The van der Waals surface area contributed by atoms with Crippen molar-refractivity contribution in [2.24, 2.45) is 5.41 Å². The lowest BCUT2D eigenvalue weighted by molar-refractivity contribution is -0.126. The monoisotopic (exact) mass is 138 g/mol. The van der Waals surface area contributed by atoms with E-state index in [9.17, 15) is 4.79 Å². The van der Waals surface area contributed by atoms with Crippen molar-refractivity contribution in [3.8, 4) is 0 Å². The van der Waals surface area contributed by atoms with Crippen molar-refractivity contribution in [3.05, 3.63) is 12.2 Å². The lowest BCUT2D eigenvalue weighted by Gasteiger charge is -2.19. The second-order valence-corrected chi connectivity index (χ2v) is 3.52. The van der Waals surface area contributed by atoms with Crippen LogP contribution < -0.4 is 0 Å². The van der Waals surface area contributed by atoms with Crippen LogP contribution in [0.25, 0.3) is 0 Å². The Morgan fingerprint density at radius 2 is 2.10 bits per heavy atom. The summed E-state index contributed by atoms with van der Waals surface area (Å²) in [6, 6.07) is 0. The number of Topliss-reactive ketones (excluding diaryl/α,β-unsaturated/α-hetero) is 1. The summed E-state index contributed by atoms with van der Waals surface area (Å²) in [5.74, 6) is 0.376. The fraction of sp³-hybridized carbons (Fsp3) is 0.667. The Balaban J connectivity index is 2.70. The predicted molar refractivity (Wildman–Crippen MR) is 41.8 cm³/mol. The lowest BCUT2D eigenvalue weighted by Crippen LogP contribution is -2.21. The van der Waals surface area contributed by atoms with Gasteiger partial charge in [-0.1, -0.05) is 26.0 Å². The van der Waals surface area contributed by atoms with E-state index in [2.05, 4.69) is 6.08 Å². The Hall–Kier alpha value is -0.590. The number of rotatable bonds is 0. The molecule has 56 valence electrons. The SMILES string of the molecule is CC1(C)CCC=CCC1=O. The summed E-state index contributed by atoms with van der Waals surface area (Å²) in [6.07, 6.45) is 6.78. The molecule has 0 aliphatic heterocycles. The molecule has 1 aliphatic carbocycles. The van der Waals surface area contributed by atoms with E-state index in [0.29, 0.717) is 12.2 Å². The third kappa shape index (κ3) is 1.47. The van der Waals surface area contributed by atoms with Crippen LogP contribution in [0.4, 0.5) is 0 Å². The van der Waals surface area contributed by atoms with Gasteiger partial charge in [0.2, 0.25) is 0 Å². The first-order valence-electron chi connectivity index (χ1n) is 3.81. The fourth-order valence-corrected chi connectivity index (χ4v) is 1.17. The van der Waals surface area contributed by atoms with Gasteiger partial charge >= 0.3 is 0 Å². The van der Waals surface area contributed by atoms with Crippen LogP contribution in [0, 0.1) is 5.41 Å². The number of ketones is 1. The van der Waals surface area contributed by atoms with Crippen LogP contribution in [-0.2, 0) is 4.79 Å². The molecule has 1 nitrogen and oxygen atoms in total. The topological polar surface area (TPSA) is 17.1 Å². The Morgan fingerprint density at radius 1 is 1.40 bits per heavy atom. The van der Waals surface area contributed by atoms with Crippen LogP contribution in [0.3, 0.4) is 0 Å². The van der Waals surface area contributed by atoms with Crippen molar-refractivity contribution in [1.82, 2.24) is 0 Å². The Labute approximate surface area is 62.1 Å². The number of allylic oxidation sites excluding steroid dienone is 2. The van der Waals surface area contributed by atoms with Gasteiger partial charge in [-0.15, -0.1) is 0 Å². The molecule has 0 radical (unpaired) electrons. The van der Waals surface area contributed by atoms with Crippen LogP contribution in [0.1, 0.15) is 33.1 Å². The fourth-order valence-electron chi connectivity index (χ4n) is 1.17. The van der Waals surface area contributed by atoms with E-state index >= 15 is 0 Å². The third-order valence-corrected chi connectivity index (χ3v) is 2.16. The second kappa shape index (κ2) is 2.57. The van der Waals surface area contributed by atoms with E-state index in [0.717, 1.165) is 12.8 Å². The predicted octanol–water partition coefficient (Wildman–Crippen LogP) is 2.32. The highest BCUT2D eigenvalue weighted by atomic mass is 16.1. The summed E-state index contributed by atoms with van der Waals surface area (Å²) in [7, 11) is 0. The van der Waals surface area contributed by atoms with Crippen molar-refractivity contribution >= 4 is 5.78 Å². The maximum atomic E-state index is 11.3. The molecule has 0 aromatic rings. The minimum absolute atomic E-state index is 0.0799. The van der Waals surface area contributed by atoms with Crippen LogP contribution in [0.15, 0.2) is 12.2 Å². The first kappa shape index (κ1) is 7.52. The molecule has 1 aliphatic rings. The smallest absolute Gasteiger partial charge is 0.142 e. The molecular weight excluding hydrogens is 124 g/mol. The van der Waals surface area contributed by atoms with Gasteiger partial charge in [0.25, 0.3) is 0 Å². The molecule has 0 saturated heterocycles. The molecule has 0 saturated carbocycles.